The Morgan fingerprint density at radius 2 is 2.17 bits per heavy atom. The van der Waals surface area contributed by atoms with Gasteiger partial charge in [-0.25, -0.2) is 4.98 Å². The van der Waals surface area contributed by atoms with Gasteiger partial charge in [-0.2, -0.15) is 5.10 Å². The van der Waals surface area contributed by atoms with Crippen molar-refractivity contribution in [3.8, 4) is 0 Å². The van der Waals surface area contributed by atoms with E-state index in [-0.39, 0.29) is 0 Å². The topological polar surface area (TPSA) is 51.4 Å². The summed E-state index contributed by atoms with van der Waals surface area (Å²) in [5.41, 5.74) is 0. The molecule has 0 aliphatic heterocycles. The average Bonchev–Trinajstić information content (AvgIpc) is 2.98. The van der Waals surface area contributed by atoms with Crippen LogP contribution in [0.4, 0.5) is 0 Å². The van der Waals surface area contributed by atoms with Crippen LogP contribution in [-0.4, -0.2) is 24.3 Å². The minimum Gasteiger partial charge on any atom is -0.337 e. The van der Waals surface area contributed by atoms with E-state index in [1.807, 2.05) is 18.7 Å². The Labute approximate surface area is 112 Å². The Hall–Kier alpha value is -1.43. The summed E-state index contributed by atoms with van der Waals surface area (Å²) in [5.74, 6) is 1.07. The molecule has 0 amide bonds. The van der Waals surface area contributed by atoms with Crippen molar-refractivity contribution in [2.24, 2.45) is 0 Å². The molecule has 6 heteroatoms. The van der Waals surface area contributed by atoms with E-state index >= 15 is 0 Å². The highest BCUT2D eigenvalue weighted by atomic mass is 32.1. The Balaban J connectivity index is 1.82. The number of aromatic amines is 1. The van der Waals surface area contributed by atoms with E-state index in [2.05, 4.69) is 31.2 Å². The molecule has 18 heavy (non-hydrogen) atoms. The van der Waals surface area contributed by atoms with Gasteiger partial charge in [-0.15, -0.1) is 0 Å². The first-order valence-electron chi connectivity index (χ1n) is 6.41. The van der Waals surface area contributed by atoms with Gasteiger partial charge in [0.05, 0.1) is 6.33 Å². The molecular weight excluding hydrogens is 246 g/mol. The fraction of sp³-hybridized carbons (Fsp3) is 0.583. The molecule has 2 aromatic rings. The number of aryl methyl sites for hydroxylation is 2. The van der Waals surface area contributed by atoms with Gasteiger partial charge < -0.3 is 9.13 Å². The van der Waals surface area contributed by atoms with Crippen molar-refractivity contribution in [1.29, 1.82) is 0 Å². The number of H-pyrrole nitrogens is 1. The second-order valence-corrected chi connectivity index (χ2v) is 4.74. The summed E-state index contributed by atoms with van der Waals surface area (Å²) in [6.07, 6.45) is 9.95. The fourth-order valence-electron chi connectivity index (χ4n) is 1.98. The lowest BCUT2D eigenvalue weighted by molar-refractivity contribution is 0.536. The summed E-state index contributed by atoms with van der Waals surface area (Å²) in [6.45, 7) is 4.11. The number of aromatic nitrogens is 5. The number of nitrogens with zero attached hydrogens (tertiary/aromatic N) is 4. The van der Waals surface area contributed by atoms with Crippen LogP contribution in [0.25, 0.3) is 0 Å². The fourth-order valence-corrected chi connectivity index (χ4v) is 2.22. The molecule has 2 aromatic heterocycles. The normalized spacial score (nSPS) is 10.9. The molecule has 0 atom stereocenters. The van der Waals surface area contributed by atoms with Gasteiger partial charge in [0.1, 0.15) is 5.82 Å². The van der Waals surface area contributed by atoms with Crippen molar-refractivity contribution in [3.05, 3.63) is 29.3 Å². The molecule has 0 bridgehead atoms. The van der Waals surface area contributed by atoms with Gasteiger partial charge in [0.25, 0.3) is 0 Å². The van der Waals surface area contributed by atoms with Gasteiger partial charge in [-0.1, -0.05) is 6.92 Å². The molecule has 0 radical (unpaired) electrons. The minimum absolute atomic E-state index is 0.737. The number of imidazole rings is 1. The van der Waals surface area contributed by atoms with E-state index in [0.717, 1.165) is 49.4 Å². The van der Waals surface area contributed by atoms with Gasteiger partial charge in [-0.05, 0) is 31.5 Å². The van der Waals surface area contributed by atoms with E-state index in [0.29, 0.717) is 0 Å². The maximum atomic E-state index is 5.25. The summed E-state index contributed by atoms with van der Waals surface area (Å²) in [5, 5.41) is 7.14. The van der Waals surface area contributed by atoms with E-state index < -0.39 is 0 Å². The molecule has 0 saturated carbocycles. The molecule has 98 valence electrons. The first-order valence-corrected chi connectivity index (χ1v) is 6.82. The van der Waals surface area contributed by atoms with Crippen molar-refractivity contribution in [2.45, 2.75) is 45.7 Å². The lowest BCUT2D eigenvalue weighted by Crippen LogP contribution is -2.05. The first-order chi connectivity index (χ1) is 8.81. The Morgan fingerprint density at radius 1 is 1.33 bits per heavy atom. The molecule has 2 heterocycles. The Kier molecular flexibility index (Phi) is 4.69. The monoisotopic (exact) mass is 265 g/mol. The molecule has 0 fully saturated rings. The smallest absolute Gasteiger partial charge is 0.195 e. The zero-order chi connectivity index (χ0) is 12.8. The summed E-state index contributed by atoms with van der Waals surface area (Å²) < 4.78 is 4.95. The SMILES string of the molecule is CCCc1n[nH]c(=S)n1CCCCn1ccnc1. The van der Waals surface area contributed by atoms with E-state index in [1.165, 1.54) is 0 Å². The van der Waals surface area contributed by atoms with Crippen LogP contribution in [0.5, 0.6) is 0 Å². The number of hydrogen-bond acceptors (Lipinski definition) is 3. The molecule has 5 nitrogen and oxygen atoms in total. The zero-order valence-corrected chi connectivity index (χ0v) is 11.5. The number of nitrogens with one attached hydrogen (secondary N) is 1. The predicted molar refractivity (Wildman–Crippen MR) is 72.9 cm³/mol. The standard InChI is InChI=1S/C12H19N5S/c1-2-5-11-14-15-12(18)17(11)8-4-3-7-16-9-6-13-10-16/h6,9-10H,2-5,7-8H2,1H3,(H,15,18). The van der Waals surface area contributed by atoms with Gasteiger partial charge in [-0.3, -0.25) is 5.10 Å². The first kappa shape index (κ1) is 13.0. The Bertz CT molecular complexity index is 511. The molecule has 0 aliphatic rings. The highest BCUT2D eigenvalue weighted by Gasteiger charge is 2.04. The molecule has 0 aromatic carbocycles. The number of rotatable bonds is 7. The summed E-state index contributed by atoms with van der Waals surface area (Å²) >= 11 is 5.25. The molecule has 0 aliphatic carbocycles. The second kappa shape index (κ2) is 6.49. The molecular formula is C12H19N5S. The number of unbranched alkanes of at least 4 members (excludes halogenated alkanes) is 1. The third-order valence-electron chi connectivity index (χ3n) is 2.92. The average molecular weight is 265 g/mol. The molecule has 0 unspecified atom stereocenters. The van der Waals surface area contributed by atoms with E-state index in [9.17, 15) is 0 Å². The van der Waals surface area contributed by atoms with Gasteiger partial charge >= 0.3 is 0 Å². The van der Waals surface area contributed by atoms with Gasteiger partial charge in [0, 0.05) is 31.9 Å². The van der Waals surface area contributed by atoms with Crippen LogP contribution in [0.1, 0.15) is 32.0 Å². The van der Waals surface area contributed by atoms with E-state index in [4.69, 9.17) is 12.2 Å². The zero-order valence-electron chi connectivity index (χ0n) is 10.7. The summed E-state index contributed by atoms with van der Waals surface area (Å²) in [6, 6.07) is 0. The third-order valence-corrected chi connectivity index (χ3v) is 3.23. The number of hydrogen-bond donors (Lipinski definition) is 1. The van der Waals surface area contributed by atoms with Crippen LogP contribution >= 0.6 is 12.2 Å². The van der Waals surface area contributed by atoms with Crippen LogP contribution in [0.2, 0.25) is 0 Å². The summed E-state index contributed by atoms with van der Waals surface area (Å²) in [7, 11) is 0. The lowest BCUT2D eigenvalue weighted by atomic mass is 10.3. The molecule has 0 spiro atoms. The predicted octanol–water partition coefficient (Wildman–Crippen LogP) is 2.57. The van der Waals surface area contributed by atoms with Crippen molar-refractivity contribution in [3.63, 3.8) is 0 Å². The molecule has 2 rings (SSSR count). The second-order valence-electron chi connectivity index (χ2n) is 4.35. The van der Waals surface area contributed by atoms with Gasteiger partial charge in [0.2, 0.25) is 0 Å². The largest absolute Gasteiger partial charge is 0.337 e. The molecule has 1 N–H and O–H groups in total. The quantitative estimate of drug-likeness (QED) is 0.618. The van der Waals surface area contributed by atoms with Gasteiger partial charge in [0.15, 0.2) is 4.77 Å². The Morgan fingerprint density at radius 3 is 2.89 bits per heavy atom. The van der Waals surface area contributed by atoms with Crippen LogP contribution in [0, 0.1) is 4.77 Å². The highest BCUT2D eigenvalue weighted by molar-refractivity contribution is 7.71. The van der Waals surface area contributed by atoms with Crippen molar-refractivity contribution >= 4 is 12.2 Å². The van der Waals surface area contributed by atoms with Crippen molar-refractivity contribution in [2.75, 3.05) is 0 Å². The highest BCUT2D eigenvalue weighted by Crippen LogP contribution is 2.05. The van der Waals surface area contributed by atoms with Crippen molar-refractivity contribution in [1.82, 2.24) is 24.3 Å². The van der Waals surface area contributed by atoms with Crippen LogP contribution in [0.3, 0.4) is 0 Å². The van der Waals surface area contributed by atoms with Crippen LogP contribution in [0.15, 0.2) is 18.7 Å². The van der Waals surface area contributed by atoms with Crippen LogP contribution in [-0.2, 0) is 19.5 Å². The van der Waals surface area contributed by atoms with Crippen molar-refractivity contribution < 1.29 is 0 Å². The molecule has 0 saturated heterocycles. The van der Waals surface area contributed by atoms with Crippen LogP contribution < -0.4 is 0 Å². The third kappa shape index (κ3) is 3.29. The maximum absolute atomic E-state index is 5.25. The summed E-state index contributed by atoms with van der Waals surface area (Å²) in [4.78, 5) is 4.03. The minimum atomic E-state index is 0.737. The maximum Gasteiger partial charge on any atom is 0.195 e. The van der Waals surface area contributed by atoms with E-state index in [1.54, 1.807) is 0 Å². The lowest BCUT2D eigenvalue weighted by Gasteiger charge is -2.06.